The number of nitrogens with one attached hydrogen (secondary N) is 2. The molecule has 3 amide bonds. The Morgan fingerprint density at radius 2 is 1.77 bits per heavy atom. The highest BCUT2D eigenvalue weighted by Crippen LogP contribution is 2.20. The molecule has 160 valence electrons. The number of fused-ring (bicyclic) bond motifs is 1. The second-order valence-electron chi connectivity index (χ2n) is 8.48. The molecule has 2 aromatic rings. The Bertz CT molecular complexity index is 862. The first-order valence-corrected chi connectivity index (χ1v) is 10.8. The molecule has 1 heterocycles. The van der Waals surface area contributed by atoms with Gasteiger partial charge in [-0.25, -0.2) is 4.79 Å². The van der Waals surface area contributed by atoms with Crippen molar-refractivity contribution in [3.8, 4) is 0 Å². The lowest BCUT2D eigenvalue weighted by atomic mass is 9.87. The summed E-state index contributed by atoms with van der Waals surface area (Å²) >= 11 is 0. The zero-order valence-electron chi connectivity index (χ0n) is 18.2. The molecule has 6 nitrogen and oxygen atoms in total. The van der Waals surface area contributed by atoms with Crippen molar-refractivity contribution in [3.63, 3.8) is 0 Å². The summed E-state index contributed by atoms with van der Waals surface area (Å²) in [4.78, 5) is 27.6. The molecule has 30 heavy (non-hydrogen) atoms. The fourth-order valence-electron chi connectivity index (χ4n) is 4.02. The van der Waals surface area contributed by atoms with E-state index in [1.54, 1.807) is 4.90 Å². The van der Waals surface area contributed by atoms with Gasteiger partial charge in [-0.1, -0.05) is 56.3 Å². The van der Waals surface area contributed by atoms with Crippen molar-refractivity contribution in [3.05, 3.63) is 48.0 Å². The summed E-state index contributed by atoms with van der Waals surface area (Å²) < 4.78 is 5.33. The number of rotatable bonds is 7. The van der Waals surface area contributed by atoms with Gasteiger partial charge < -0.3 is 20.3 Å². The van der Waals surface area contributed by atoms with Crippen LogP contribution in [0.5, 0.6) is 0 Å². The largest absolute Gasteiger partial charge is 0.378 e. The molecule has 0 spiro atoms. The van der Waals surface area contributed by atoms with Crippen LogP contribution in [0.15, 0.2) is 42.5 Å². The van der Waals surface area contributed by atoms with E-state index in [0.29, 0.717) is 38.6 Å². The van der Waals surface area contributed by atoms with E-state index in [-0.39, 0.29) is 17.9 Å². The summed E-state index contributed by atoms with van der Waals surface area (Å²) in [6.07, 6.45) is 1.34. The SMILES string of the molecule is B[C@H](CC(C)C)NC(=O)[C@H](Cc1cccc2ccccc12)NC(=O)N1CCOCC1. The molecule has 0 aromatic heterocycles. The quantitative estimate of drug-likeness (QED) is 0.687. The molecule has 7 heteroatoms. The van der Waals surface area contributed by atoms with E-state index in [2.05, 4.69) is 42.7 Å². The van der Waals surface area contributed by atoms with Gasteiger partial charge in [0.1, 0.15) is 13.9 Å². The maximum Gasteiger partial charge on any atom is 0.318 e. The van der Waals surface area contributed by atoms with Crippen molar-refractivity contribution < 1.29 is 14.3 Å². The molecular weight excluding hydrogens is 377 g/mol. The number of nitrogens with zero attached hydrogens (tertiary/aromatic N) is 1. The van der Waals surface area contributed by atoms with Crippen LogP contribution in [-0.2, 0) is 16.0 Å². The molecule has 0 aliphatic carbocycles. The Morgan fingerprint density at radius 1 is 1.07 bits per heavy atom. The van der Waals surface area contributed by atoms with Crippen molar-refractivity contribution in [2.75, 3.05) is 26.3 Å². The minimum Gasteiger partial charge on any atom is -0.378 e. The topological polar surface area (TPSA) is 70.7 Å². The molecule has 0 saturated carbocycles. The number of carbonyl (C=O) groups excluding carboxylic acids is 2. The predicted octanol–water partition coefficient (Wildman–Crippen LogP) is 1.91. The smallest absolute Gasteiger partial charge is 0.318 e. The second kappa shape index (κ2) is 10.5. The third kappa shape index (κ3) is 5.98. The summed E-state index contributed by atoms with van der Waals surface area (Å²) in [5, 5.41) is 8.30. The maximum atomic E-state index is 13.1. The predicted molar refractivity (Wildman–Crippen MR) is 122 cm³/mol. The van der Waals surface area contributed by atoms with Crippen LogP contribution in [-0.4, -0.2) is 63.0 Å². The van der Waals surface area contributed by atoms with Crippen LogP contribution in [0.1, 0.15) is 25.8 Å². The van der Waals surface area contributed by atoms with Gasteiger partial charge in [0, 0.05) is 19.5 Å². The molecule has 2 aromatic carbocycles. The summed E-state index contributed by atoms with van der Waals surface area (Å²) in [6, 6.07) is 13.4. The van der Waals surface area contributed by atoms with Gasteiger partial charge in [-0.3, -0.25) is 4.79 Å². The first-order valence-electron chi connectivity index (χ1n) is 10.8. The fraction of sp³-hybridized carbons (Fsp3) is 0.478. The van der Waals surface area contributed by atoms with Gasteiger partial charge in [0.25, 0.3) is 0 Å². The fourth-order valence-corrected chi connectivity index (χ4v) is 4.02. The molecule has 1 aliphatic rings. The van der Waals surface area contributed by atoms with Crippen molar-refractivity contribution in [1.82, 2.24) is 15.5 Å². The van der Waals surface area contributed by atoms with Gasteiger partial charge in [-0.2, -0.15) is 0 Å². The number of hydrogen-bond acceptors (Lipinski definition) is 3. The third-order valence-corrected chi connectivity index (χ3v) is 5.43. The van der Waals surface area contributed by atoms with Gasteiger partial charge in [-0.15, -0.1) is 0 Å². The van der Waals surface area contributed by atoms with Crippen LogP contribution >= 0.6 is 0 Å². The van der Waals surface area contributed by atoms with E-state index in [9.17, 15) is 9.59 Å². The Morgan fingerprint density at radius 3 is 2.50 bits per heavy atom. The van der Waals surface area contributed by atoms with Gasteiger partial charge in [0.05, 0.1) is 13.2 Å². The summed E-state index contributed by atoms with van der Waals surface area (Å²) in [5.41, 5.74) is 1.05. The van der Waals surface area contributed by atoms with Crippen LogP contribution in [0.4, 0.5) is 4.79 Å². The zero-order chi connectivity index (χ0) is 21.5. The lowest BCUT2D eigenvalue weighted by Gasteiger charge is -2.30. The van der Waals surface area contributed by atoms with Crippen LogP contribution in [0.3, 0.4) is 0 Å². The highest BCUT2D eigenvalue weighted by Gasteiger charge is 2.26. The molecule has 1 fully saturated rings. The van der Waals surface area contributed by atoms with Crippen LogP contribution < -0.4 is 10.6 Å². The Balaban J connectivity index is 1.78. The minimum absolute atomic E-state index is 0.0489. The number of urea groups is 1. The van der Waals surface area contributed by atoms with Crippen LogP contribution in [0, 0.1) is 5.92 Å². The monoisotopic (exact) mass is 409 g/mol. The van der Waals surface area contributed by atoms with Crippen molar-refractivity contribution in [1.29, 1.82) is 0 Å². The first-order chi connectivity index (χ1) is 14.4. The van der Waals surface area contributed by atoms with Gasteiger partial charge in [0.15, 0.2) is 0 Å². The average molecular weight is 409 g/mol. The van der Waals surface area contributed by atoms with E-state index >= 15 is 0 Å². The van der Waals surface area contributed by atoms with Gasteiger partial charge >= 0.3 is 6.03 Å². The molecule has 3 rings (SSSR count). The number of hydrogen-bond donors (Lipinski definition) is 2. The van der Waals surface area contributed by atoms with Crippen molar-refractivity contribution >= 4 is 30.6 Å². The zero-order valence-corrected chi connectivity index (χ0v) is 18.2. The Kier molecular flexibility index (Phi) is 7.74. The number of amides is 3. The molecule has 1 saturated heterocycles. The summed E-state index contributed by atoms with van der Waals surface area (Å²) in [6.45, 7) is 6.40. The molecule has 0 radical (unpaired) electrons. The van der Waals surface area contributed by atoms with Crippen LogP contribution in [0.2, 0.25) is 0 Å². The normalized spacial score (nSPS) is 16.3. The number of morpholine rings is 1. The number of carbonyl (C=O) groups is 2. The summed E-state index contributed by atoms with van der Waals surface area (Å²) in [7, 11) is 2.01. The molecule has 2 N–H and O–H groups in total. The first kappa shape index (κ1) is 22.2. The van der Waals surface area contributed by atoms with Crippen molar-refractivity contribution in [2.45, 2.75) is 38.7 Å². The van der Waals surface area contributed by atoms with E-state index in [1.165, 1.54) is 0 Å². The lowest BCUT2D eigenvalue weighted by molar-refractivity contribution is -0.123. The van der Waals surface area contributed by atoms with E-state index in [1.807, 2.05) is 32.1 Å². The van der Waals surface area contributed by atoms with E-state index in [4.69, 9.17) is 4.74 Å². The average Bonchev–Trinajstić information content (AvgIpc) is 2.73. The highest BCUT2D eigenvalue weighted by molar-refractivity contribution is 6.13. The lowest BCUT2D eigenvalue weighted by Crippen LogP contribution is -2.55. The van der Waals surface area contributed by atoms with E-state index < -0.39 is 6.04 Å². The third-order valence-electron chi connectivity index (χ3n) is 5.43. The molecule has 0 unspecified atom stereocenters. The van der Waals surface area contributed by atoms with Crippen LogP contribution in [0.25, 0.3) is 10.8 Å². The van der Waals surface area contributed by atoms with Gasteiger partial charge in [0.2, 0.25) is 5.91 Å². The Hall–Kier alpha value is -2.54. The summed E-state index contributed by atoms with van der Waals surface area (Å²) in [5.74, 6) is 0.394. The number of ether oxygens (including phenoxy) is 1. The molecule has 1 aliphatic heterocycles. The molecule has 0 bridgehead atoms. The second-order valence-corrected chi connectivity index (χ2v) is 8.48. The number of benzene rings is 2. The molecular formula is C23H32BN3O3. The maximum absolute atomic E-state index is 13.1. The minimum atomic E-state index is -0.638. The highest BCUT2D eigenvalue weighted by atomic mass is 16.5. The molecule has 2 atom stereocenters. The Labute approximate surface area is 179 Å². The standard InChI is InChI=1S/C23H32BN3O3/c1-16(2)14-21(24)26-22(28)20(25-23(29)27-10-12-30-13-11-27)15-18-8-5-7-17-6-3-4-9-19(17)18/h3-9,16,20-21H,10-15,24H2,1-2H3,(H,25,29)(H,26,28)/t20-,21-/m0/s1. The van der Waals surface area contributed by atoms with Crippen molar-refractivity contribution in [2.24, 2.45) is 5.92 Å². The van der Waals surface area contributed by atoms with Gasteiger partial charge in [-0.05, 0) is 34.6 Å². The van der Waals surface area contributed by atoms with E-state index in [0.717, 1.165) is 22.8 Å².